The minimum Gasteiger partial charge on any atom is -0.0916 e. The van der Waals surface area contributed by atoms with Gasteiger partial charge < -0.3 is 0 Å². The average Bonchev–Trinajstić information content (AvgIpc) is 2.49. The van der Waals surface area contributed by atoms with Crippen LogP contribution in [0.25, 0.3) is 10.8 Å². The Labute approximate surface area is 154 Å². The predicted octanol–water partition coefficient (Wildman–Crippen LogP) is 6.24. The summed E-state index contributed by atoms with van der Waals surface area (Å²) in [6, 6.07) is 13.2. The van der Waals surface area contributed by atoms with Gasteiger partial charge in [-0.2, -0.15) is 0 Å². The molecule has 0 aromatic heterocycles. The van der Waals surface area contributed by atoms with Crippen molar-refractivity contribution in [2.75, 3.05) is 10.7 Å². The molecule has 2 rings (SSSR count). The summed E-state index contributed by atoms with van der Waals surface area (Å²) in [4.78, 5) is 0.935. The number of alkyl halides is 4. The summed E-state index contributed by atoms with van der Waals surface area (Å²) >= 11 is 14.6. The minimum atomic E-state index is 0.463. The third-order valence-corrected chi connectivity index (χ3v) is 7.94. The molecule has 0 aliphatic carbocycles. The zero-order valence-electron chi connectivity index (χ0n) is 11.0. The van der Waals surface area contributed by atoms with Gasteiger partial charge >= 0.3 is 0 Å². The minimum absolute atomic E-state index is 0.463. The van der Waals surface area contributed by atoms with Gasteiger partial charge in [0.2, 0.25) is 0 Å². The smallest absolute Gasteiger partial charge is 0.0283 e. The van der Waals surface area contributed by atoms with Gasteiger partial charge in [0.25, 0.3) is 0 Å². The molecule has 108 valence electrons. The standard InChI is InChI=1S/C16H16Br4/c17-9-13(19)7-12-6-5-11-3-1-2-4-15(11)16(12)8-14(20)10-18/h1-6,13-14H,7-10H2. The molecule has 2 aromatic rings. The highest BCUT2D eigenvalue weighted by Crippen LogP contribution is 2.28. The second-order valence-electron chi connectivity index (χ2n) is 4.84. The highest BCUT2D eigenvalue weighted by molar-refractivity contribution is 9.12. The van der Waals surface area contributed by atoms with E-state index in [1.165, 1.54) is 21.9 Å². The SMILES string of the molecule is BrCC(Br)Cc1ccc2ccccc2c1CC(Br)CBr. The van der Waals surface area contributed by atoms with Crippen molar-refractivity contribution in [2.45, 2.75) is 22.5 Å². The first-order valence-corrected chi connectivity index (χ1v) is 10.6. The van der Waals surface area contributed by atoms with E-state index in [1.807, 2.05) is 0 Å². The van der Waals surface area contributed by atoms with E-state index in [9.17, 15) is 0 Å². The molecule has 0 amide bonds. The van der Waals surface area contributed by atoms with E-state index in [0.717, 1.165) is 23.5 Å². The lowest BCUT2D eigenvalue weighted by molar-refractivity contribution is 0.916. The largest absolute Gasteiger partial charge is 0.0916 e. The molecular formula is C16H16Br4. The van der Waals surface area contributed by atoms with Gasteiger partial charge in [0.15, 0.2) is 0 Å². The van der Waals surface area contributed by atoms with Crippen LogP contribution in [0.5, 0.6) is 0 Å². The molecule has 0 aliphatic rings. The van der Waals surface area contributed by atoms with Gasteiger partial charge in [0.05, 0.1) is 0 Å². The highest BCUT2D eigenvalue weighted by atomic mass is 79.9. The first kappa shape index (κ1) is 17.0. The summed E-state index contributed by atoms with van der Waals surface area (Å²) < 4.78 is 0. The Morgan fingerprint density at radius 3 is 2.15 bits per heavy atom. The molecule has 0 bridgehead atoms. The molecule has 2 aromatic carbocycles. The van der Waals surface area contributed by atoms with Crippen molar-refractivity contribution in [3.63, 3.8) is 0 Å². The van der Waals surface area contributed by atoms with Crippen LogP contribution < -0.4 is 0 Å². The molecule has 4 heteroatoms. The van der Waals surface area contributed by atoms with Crippen LogP contribution in [0.4, 0.5) is 0 Å². The van der Waals surface area contributed by atoms with Crippen LogP contribution in [0, 0.1) is 0 Å². The van der Waals surface area contributed by atoms with E-state index in [1.54, 1.807) is 0 Å². The average molecular weight is 528 g/mol. The zero-order valence-corrected chi connectivity index (χ0v) is 17.3. The topological polar surface area (TPSA) is 0 Å². The second-order valence-corrected chi connectivity index (χ2v) is 8.72. The van der Waals surface area contributed by atoms with Crippen LogP contribution in [0.3, 0.4) is 0 Å². The summed E-state index contributed by atoms with van der Waals surface area (Å²) in [7, 11) is 0. The van der Waals surface area contributed by atoms with Crippen molar-refractivity contribution < 1.29 is 0 Å². The molecular weight excluding hydrogens is 512 g/mol. The molecule has 0 spiro atoms. The predicted molar refractivity (Wildman–Crippen MR) is 104 cm³/mol. The van der Waals surface area contributed by atoms with Crippen LogP contribution in [0.1, 0.15) is 11.1 Å². The molecule has 0 saturated heterocycles. The van der Waals surface area contributed by atoms with E-state index in [2.05, 4.69) is 100 Å². The number of hydrogen-bond donors (Lipinski definition) is 0. The molecule has 0 radical (unpaired) electrons. The van der Waals surface area contributed by atoms with Gasteiger partial charge in [-0.1, -0.05) is 100 Å². The molecule has 0 nitrogen and oxygen atoms in total. The first-order valence-electron chi connectivity index (χ1n) is 6.55. The fourth-order valence-electron chi connectivity index (χ4n) is 2.38. The molecule has 2 unspecified atom stereocenters. The quantitative estimate of drug-likeness (QED) is 0.390. The van der Waals surface area contributed by atoms with Crippen LogP contribution in [-0.2, 0) is 12.8 Å². The fraction of sp³-hybridized carbons (Fsp3) is 0.375. The molecule has 0 N–H and O–H groups in total. The zero-order chi connectivity index (χ0) is 14.5. The van der Waals surface area contributed by atoms with Crippen molar-refractivity contribution in [2.24, 2.45) is 0 Å². The van der Waals surface area contributed by atoms with E-state index < -0.39 is 0 Å². The van der Waals surface area contributed by atoms with Crippen LogP contribution in [0.15, 0.2) is 36.4 Å². The van der Waals surface area contributed by atoms with Crippen LogP contribution in [-0.4, -0.2) is 20.3 Å². The monoisotopic (exact) mass is 524 g/mol. The van der Waals surface area contributed by atoms with E-state index in [0.29, 0.717) is 9.65 Å². The van der Waals surface area contributed by atoms with Gasteiger partial charge in [0.1, 0.15) is 0 Å². The molecule has 0 heterocycles. The summed E-state index contributed by atoms with van der Waals surface area (Å²) in [5, 5.41) is 4.64. The summed E-state index contributed by atoms with van der Waals surface area (Å²) in [6.45, 7) is 0. The number of halogens is 4. The van der Waals surface area contributed by atoms with Gasteiger partial charge in [-0.3, -0.25) is 0 Å². The van der Waals surface area contributed by atoms with E-state index in [-0.39, 0.29) is 0 Å². The van der Waals surface area contributed by atoms with Crippen molar-refractivity contribution in [3.05, 3.63) is 47.5 Å². The summed E-state index contributed by atoms with van der Waals surface area (Å²) in [6.07, 6.45) is 2.09. The fourth-order valence-corrected chi connectivity index (χ4v) is 3.51. The van der Waals surface area contributed by atoms with E-state index >= 15 is 0 Å². The van der Waals surface area contributed by atoms with Crippen molar-refractivity contribution >= 4 is 74.5 Å². The first-order chi connectivity index (χ1) is 9.65. The van der Waals surface area contributed by atoms with Crippen molar-refractivity contribution in [3.8, 4) is 0 Å². The van der Waals surface area contributed by atoms with Crippen molar-refractivity contribution in [1.82, 2.24) is 0 Å². The van der Waals surface area contributed by atoms with Crippen LogP contribution in [0.2, 0.25) is 0 Å². The van der Waals surface area contributed by atoms with Gasteiger partial charge in [-0.15, -0.1) is 0 Å². The van der Waals surface area contributed by atoms with Crippen LogP contribution >= 0.6 is 63.7 Å². The number of hydrogen-bond acceptors (Lipinski definition) is 0. The van der Waals surface area contributed by atoms with E-state index in [4.69, 9.17) is 0 Å². The molecule has 0 aliphatic heterocycles. The molecule has 20 heavy (non-hydrogen) atoms. The molecule has 0 fully saturated rings. The third-order valence-electron chi connectivity index (χ3n) is 3.34. The summed E-state index contributed by atoms with van der Waals surface area (Å²) in [5.41, 5.74) is 2.91. The summed E-state index contributed by atoms with van der Waals surface area (Å²) in [5.74, 6) is 0. The Bertz CT molecular complexity index is 567. The van der Waals surface area contributed by atoms with Crippen molar-refractivity contribution in [1.29, 1.82) is 0 Å². The number of fused-ring (bicyclic) bond motifs is 1. The lowest BCUT2D eigenvalue weighted by atomic mass is 9.93. The molecule has 0 saturated carbocycles. The Kier molecular flexibility index (Phi) is 7.05. The van der Waals surface area contributed by atoms with Gasteiger partial charge in [0, 0.05) is 20.3 Å². The third kappa shape index (κ3) is 4.31. The lowest BCUT2D eigenvalue weighted by Crippen LogP contribution is -2.11. The van der Waals surface area contributed by atoms with Gasteiger partial charge in [-0.25, -0.2) is 0 Å². The lowest BCUT2D eigenvalue weighted by Gasteiger charge is -2.17. The Morgan fingerprint density at radius 2 is 1.45 bits per heavy atom. The second kappa shape index (κ2) is 8.30. The number of rotatable bonds is 6. The maximum Gasteiger partial charge on any atom is 0.0283 e. The molecule has 2 atom stereocenters. The Balaban J connectivity index is 2.46. The Hall–Kier alpha value is 0.620. The Morgan fingerprint density at radius 1 is 0.800 bits per heavy atom. The van der Waals surface area contributed by atoms with Gasteiger partial charge in [-0.05, 0) is 34.7 Å². The number of benzene rings is 2. The maximum atomic E-state index is 3.75. The normalized spacial score (nSPS) is 14.4. The highest BCUT2D eigenvalue weighted by Gasteiger charge is 2.14. The maximum absolute atomic E-state index is 3.75.